The van der Waals surface area contributed by atoms with Crippen LogP contribution in [0.25, 0.3) is 0 Å². The van der Waals surface area contributed by atoms with Gasteiger partial charge in [0.05, 0.1) is 5.69 Å². The van der Waals surface area contributed by atoms with Crippen LogP contribution in [0.1, 0.15) is 28.6 Å². The van der Waals surface area contributed by atoms with Crippen molar-refractivity contribution in [2.45, 2.75) is 32.4 Å². The molecule has 1 aliphatic heterocycles. The molecule has 7 nitrogen and oxygen atoms in total. The Balaban J connectivity index is 0.00000256. The number of fused-ring (bicyclic) bond motifs is 1. The van der Waals surface area contributed by atoms with E-state index in [2.05, 4.69) is 26.2 Å². The van der Waals surface area contributed by atoms with Crippen LogP contribution in [0.4, 0.5) is 14.5 Å². The number of amides is 1. The minimum absolute atomic E-state index is 0. The van der Waals surface area contributed by atoms with Crippen LogP contribution in [-0.2, 0) is 24.2 Å². The number of hydrogen-bond acceptors (Lipinski definition) is 5. The Bertz CT molecular complexity index is 1040. The highest BCUT2D eigenvalue weighted by Crippen LogP contribution is 2.26. The summed E-state index contributed by atoms with van der Waals surface area (Å²) in [6, 6.07) is 8.43. The predicted octanol–water partition coefficient (Wildman–Crippen LogP) is 2.75. The summed E-state index contributed by atoms with van der Waals surface area (Å²) in [5.74, 6) is -0.771. The van der Waals surface area contributed by atoms with E-state index in [9.17, 15) is 13.6 Å². The maximum Gasteiger partial charge on any atom is 0.249 e. The molecule has 10 heteroatoms. The van der Waals surface area contributed by atoms with Crippen LogP contribution in [0.3, 0.4) is 0 Å². The standard InChI is InChI=1S/C20H20F2N6O.ClH/c1-12-25-26-27-28(12)18(10-13-2-5-15(21)6-3-13)20(29)24-17-7-4-14-11-23-9-8-16(14)19(17)22;/h2-7,18,23H,8-11H2,1H3,(H,24,29);1H. The van der Waals surface area contributed by atoms with Gasteiger partial charge >= 0.3 is 0 Å². The Hall–Kier alpha value is -2.91. The van der Waals surface area contributed by atoms with Crippen LogP contribution in [-0.4, -0.2) is 32.7 Å². The number of carbonyl (C=O) groups is 1. The van der Waals surface area contributed by atoms with Gasteiger partial charge in [0.2, 0.25) is 5.91 Å². The fourth-order valence-corrected chi connectivity index (χ4v) is 3.51. The van der Waals surface area contributed by atoms with E-state index >= 15 is 0 Å². The number of anilines is 1. The molecule has 2 N–H and O–H groups in total. The van der Waals surface area contributed by atoms with Crippen molar-refractivity contribution < 1.29 is 13.6 Å². The number of nitrogens with one attached hydrogen (secondary N) is 2. The zero-order valence-electron chi connectivity index (χ0n) is 16.2. The Morgan fingerprint density at radius 3 is 2.70 bits per heavy atom. The Morgan fingerprint density at radius 1 is 1.23 bits per heavy atom. The molecular formula is C20H21ClF2N6O. The number of rotatable bonds is 5. The SMILES string of the molecule is Cc1nnnn1C(Cc1ccc(F)cc1)C(=O)Nc1ccc2c(c1F)CCNC2.Cl. The second-order valence-electron chi connectivity index (χ2n) is 7.00. The number of hydrogen-bond donors (Lipinski definition) is 2. The van der Waals surface area contributed by atoms with Crippen LogP contribution >= 0.6 is 12.4 Å². The lowest BCUT2D eigenvalue weighted by Gasteiger charge is -2.21. The summed E-state index contributed by atoms with van der Waals surface area (Å²) in [5.41, 5.74) is 2.38. The summed E-state index contributed by atoms with van der Waals surface area (Å²) < 4.78 is 29.6. The van der Waals surface area contributed by atoms with Crippen molar-refractivity contribution in [3.05, 3.63) is 70.5 Å². The third-order valence-electron chi connectivity index (χ3n) is 5.06. The van der Waals surface area contributed by atoms with Gasteiger partial charge in [0, 0.05) is 13.0 Å². The average Bonchev–Trinajstić information content (AvgIpc) is 3.15. The van der Waals surface area contributed by atoms with Crippen molar-refractivity contribution in [2.24, 2.45) is 0 Å². The highest BCUT2D eigenvalue weighted by molar-refractivity contribution is 5.94. The molecule has 1 unspecified atom stereocenters. The first-order chi connectivity index (χ1) is 14.0. The van der Waals surface area contributed by atoms with Crippen LogP contribution in [0.15, 0.2) is 36.4 Å². The lowest BCUT2D eigenvalue weighted by molar-refractivity contribution is -0.119. The summed E-state index contributed by atoms with van der Waals surface area (Å²) in [6.45, 7) is 2.98. The minimum Gasteiger partial charge on any atom is -0.322 e. The van der Waals surface area contributed by atoms with Crippen LogP contribution in [0.2, 0.25) is 0 Å². The number of carbonyl (C=O) groups excluding carboxylic acids is 1. The quantitative estimate of drug-likeness (QED) is 0.645. The molecule has 0 radical (unpaired) electrons. The zero-order chi connectivity index (χ0) is 20.4. The van der Waals surface area contributed by atoms with Gasteiger partial charge in [-0.2, -0.15) is 0 Å². The van der Waals surface area contributed by atoms with Gasteiger partial charge in [-0.25, -0.2) is 13.5 Å². The van der Waals surface area contributed by atoms with E-state index in [0.29, 0.717) is 30.9 Å². The van der Waals surface area contributed by atoms with Crippen molar-refractivity contribution in [1.29, 1.82) is 0 Å². The number of halogens is 3. The monoisotopic (exact) mass is 434 g/mol. The first-order valence-electron chi connectivity index (χ1n) is 9.33. The maximum absolute atomic E-state index is 14.9. The highest BCUT2D eigenvalue weighted by atomic mass is 35.5. The minimum atomic E-state index is -0.812. The number of benzene rings is 2. The van der Waals surface area contributed by atoms with Gasteiger partial charge in [0.25, 0.3) is 0 Å². The van der Waals surface area contributed by atoms with E-state index in [1.54, 1.807) is 25.1 Å². The molecule has 0 aliphatic carbocycles. The summed E-state index contributed by atoms with van der Waals surface area (Å²) in [4.78, 5) is 13.1. The van der Waals surface area contributed by atoms with Crippen molar-refractivity contribution in [2.75, 3.05) is 11.9 Å². The molecule has 0 fully saturated rings. The fraction of sp³-hybridized carbons (Fsp3) is 0.300. The molecule has 1 aliphatic rings. The van der Waals surface area contributed by atoms with Crippen molar-refractivity contribution in [1.82, 2.24) is 25.5 Å². The Morgan fingerprint density at radius 2 is 2.00 bits per heavy atom. The lowest BCUT2D eigenvalue weighted by Crippen LogP contribution is -2.30. The summed E-state index contributed by atoms with van der Waals surface area (Å²) in [5, 5.41) is 17.2. The van der Waals surface area contributed by atoms with Gasteiger partial charge in [-0.05, 0) is 65.2 Å². The van der Waals surface area contributed by atoms with Gasteiger partial charge in [-0.3, -0.25) is 4.79 Å². The molecule has 3 aromatic rings. The number of aromatic nitrogens is 4. The number of tetrazole rings is 1. The van der Waals surface area contributed by atoms with E-state index < -0.39 is 17.8 Å². The zero-order valence-corrected chi connectivity index (χ0v) is 17.0. The van der Waals surface area contributed by atoms with E-state index in [-0.39, 0.29) is 30.3 Å². The molecule has 0 bridgehead atoms. The average molecular weight is 435 g/mol. The second-order valence-corrected chi connectivity index (χ2v) is 7.00. The van der Waals surface area contributed by atoms with E-state index in [1.807, 2.05) is 6.07 Å². The first kappa shape index (κ1) is 21.8. The summed E-state index contributed by atoms with van der Waals surface area (Å²) in [6.07, 6.45) is 0.796. The molecule has 0 spiro atoms. The fourth-order valence-electron chi connectivity index (χ4n) is 3.51. The second kappa shape index (κ2) is 9.27. The molecule has 2 heterocycles. The van der Waals surface area contributed by atoms with Crippen molar-refractivity contribution >= 4 is 24.0 Å². The van der Waals surface area contributed by atoms with Crippen molar-refractivity contribution in [3.63, 3.8) is 0 Å². The van der Waals surface area contributed by atoms with E-state index in [0.717, 1.165) is 11.1 Å². The van der Waals surface area contributed by atoms with Crippen LogP contribution in [0, 0.1) is 18.6 Å². The summed E-state index contributed by atoms with van der Waals surface area (Å²) in [7, 11) is 0. The number of nitrogens with zero attached hydrogens (tertiary/aromatic N) is 4. The van der Waals surface area contributed by atoms with Gasteiger partial charge < -0.3 is 10.6 Å². The third kappa shape index (κ3) is 4.47. The molecule has 4 rings (SSSR count). The molecular weight excluding hydrogens is 414 g/mol. The molecule has 1 amide bonds. The molecule has 1 aromatic heterocycles. The van der Waals surface area contributed by atoms with E-state index in [1.165, 1.54) is 16.8 Å². The van der Waals surface area contributed by atoms with Gasteiger partial charge in [-0.15, -0.1) is 17.5 Å². The van der Waals surface area contributed by atoms with Crippen LogP contribution in [0.5, 0.6) is 0 Å². The third-order valence-corrected chi connectivity index (χ3v) is 5.06. The highest BCUT2D eigenvalue weighted by Gasteiger charge is 2.26. The molecule has 2 aromatic carbocycles. The topological polar surface area (TPSA) is 84.7 Å². The smallest absolute Gasteiger partial charge is 0.249 e. The molecule has 30 heavy (non-hydrogen) atoms. The number of aryl methyl sites for hydroxylation is 1. The largest absolute Gasteiger partial charge is 0.322 e. The molecule has 1 atom stereocenters. The van der Waals surface area contributed by atoms with E-state index in [4.69, 9.17) is 0 Å². The maximum atomic E-state index is 14.9. The summed E-state index contributed by atoms with van der Waals surface area (Å²) >= 11 is 0. The van der Waals surface area contributed by atoms with Crippen LogP contribution < -0.4 is 10.6 Å². The normalized spacial score (nSPS) is 13.8. The Kier molecular flexibility index (Phi) is 6.73. The predicted molar refractivity (Wildman–Crippen MR) is 109 cm³/mol. The van der Waals surface area contributed by atoms with Gasteiger partial charge in [-0.1, -0.05) is 18.2 Å². The molecule has 0 saturated carbocycles. The van der Waals surface area contributed by atoms with Gasteiger partial charge in [0.1, 0.15) is 23.5 Å². The van der Waals surface area contributed by atoms with Crippen molar-refractivity contribution in [3.8, 4) is 0 Å². The molecule has 0 saturated heterocycles. The lowest BCUT2D eigenvalue weighted by atomic mass is 9.99. The molecule has 158 valence electrons. The first-order valence-corrected chi connectivity index (χ1v) is 9.33. The Labute approximate surface area is 178 Å². The van der Waals surface area contributed by atoms with Gasteiger partial charge in [0.15, 0.2) is 0 Å².